The van der Waals surface area contributed by atoms with Gasteiger partial charge in [0, 0.05) is 0 Å². The predicted octanol–water partition coefficient (Wildman–Crippen LogP) is 3.55. The summed E-state index contributed by atoms with van der Waals surface area (Å²) in [6.07, 6.45) is -8.42. The van der Waals surface area contributed by atoms with E-state index in [-0.39, 0.29) is 0 Å². The Bertz CT molecular complexity index is 468. The zero-order chi connectivity index (χ0) is 13.2. The Balaban J connectivity index is 3.33. The van der Waals surface area contributed by atoms with E-state index in [2.05, 4.69) is 25.7 Å². The van der Waals surface area contributed by atoms with Crippen molar-refractivity contribution in [3.05, 3.63) is 21.9 Å². The van der Waals surface area contributed by atoms with Crippen molar-refractivity contribution < 1.29 is 26.7 Å². The Morgan fingerprint density at radius 2 is 2.00 bits per heavy atom. The molecule has 1 aromatic heterocycles. The average molecular weight is 317 g/mol. The maximum absolute atomic E-state index is 12.5. The van der Waals surface area contributed by atoms with Gasteiger partial charge in [0.05, 0.1) is 4.47 Å². The molecule has 0 saturated heterocycles. The first-order valence-corrected chi connectivity index (χ1v) is 4.68. The van der Waals surface area contributed by atoms with Gasteiger partial charge in [0.2, 0.25) is 0 Å². The summed E-state index contributed by atoms with van der Waals surface area (Å²) in [5.74, 6) is -1.15. The standard InChI is InChI=1S/C8H2BrF5N2O/c9-4-1-3(2-15)16-5(7(10)11)6(4)17-8(12,13)14/h1,7H. The second-order valence-electron chi connectivity index (χ2n) is 2.66. The Labute approximate surface area is 99.9 Å². The highest BCUT2D eigenvalue weighted by molar-refractivity contribution is 9.10. The van der Waals surface area contributed by atoms with E-state index in [1.54, 1.807) is 0 Å². The Hall–Kier alpha value is -1.43. The van der Waals surface area contributed by atoms with Gasteiger partial charge in [-0.1, -0.05) is 0 Å². The summed E-state index contributed by atoms with van der Waals surface area (Å²) >= 11 is 2.61. The molecule has 0 bridgehead atoms. The van der Waals surface area contributed by atoms with Gasteiger partial charge in [-0.25, -0.2) is 13.8 Å². The largest absolute Gasteiger partial charge is 0.573 e. The lowest BCUT2D eigenvalue weighted by atomic mass is 10.3. The van der Waals surface area contributed by atoms with Crippen molar-refractivity contribution in [3.63, 3.8) is 0 Å². The molecule has 0 fully saturated rings. The van der Waals surface area contributed by atoms with Gasteiger partial charge in [0.1, 0.15) is 11.8 Å². The first-order valence-electron chi connectivity index (χ1n) is 3.89. The van der Waals surface area contributed by atoms with E-state index in [1.165, 1.54) is 6.07 Å². The molecule has 0 saturated carbocycles. The summed E-state index contributed by atoms with van der Waals surface area (Å²) in [7, 11) is 0. The smallest absolute Gasteiger partial charge is 0.402 e. The number of aromatic nitrogens is 1. The van der Waals surface area contributed by atoms with Crippen LogP contribution in [0.5, 0.6) is 5.75 Å². The topological polar surface area (TPSA) is 45.9 Å². The van der Waals surface area contributed by atoms with Crippen LogP contribution in [-0.2, 0) is 0 Å². The van der Waals surface area contributed by atoms with E-state index in [0.717, 1.165) is 6.07 Å². The van der Waals surface area contributed by atoms with Crippen LogP contribution in [0, 0.1) is 11.3 Å². The molecule has 0 aliphatic carbocycles. The van der Waals surface area contributed by atoms with Crippen molar-refractivity contribution in [1.82, 2.24) is 4.98 Å². The number of pyridine rings is 1. The highest BCUT2D eigenvalue weighted by atomic mass is 79.9. The second-order valence-corrected chi connectivity index (χ2v) is 3.52. The molecular weight excluding hydrogens is 315 g/mol. The van der Waals surface area contributed by atoms with Gasteiger partial charge in [0.25, 0.3) is 6.43 Å². The molecule has 17 heavy (non-hydrogen) atoms. The molecule has 9 heteroatoms. The Kier molecular flexibility index (Phi) is 3.87. The number of rotatable bonds is 2. The number of nitriles is 1. The molecule has 0 aliphatic rings. The zero-order valence-electron chi connectivity index (χ0n) is 7.73. The number of halogens is 6. The van der Waals surface area contributed by atoms with E-state index in [4.69, 9.17) is 5.26 Å². The third kappa shape index (κ3) is 3.52. The molecule has 3 nitrogen and oxygen atoms in total. The summed E-state index contributed by atoms with van der Waals surface area (Å²) in [6, 6.07) is 2.30. The van der Waals surface area contributed by atoms with Gasteiger partial charge in [0.15, 0.2) is 11.4 Å². The molecule has 0 atom stereocenters. The third-order valence-corrected chi connectivity index (χ3v) is 2.08. The Morgan fingerprint density at radius 1 is 1.41 bits per heavy atom. The normalized spacial score (nSPS) is 11.4. The molecule has 1 heterocycles. The fourth-order valence-electron chi connectivity index (χ4n) is 0.943. The average Bonchev–Trinajstić information content (AvgIpc) is 2.18. The van der Waals surface area contributed by atoms with Gasteiger partial charge in [-0.05, 0) is 22.0 Å². The minimum Gasteiger partial charge on any atom is -0.402 e. The van der Waals surface area contributed by atoms with Crippen molar-refractivity contribution in [1.29, 1.82) is 5.26 Å². The quantitative estimate of drug-likeness (QED) is 0.784. The number of hydrogen-bond donors (Lipinski definition) is 0. The number of ether oxygens (including phenoxy) is 1. The van der Waals surface area contributed by atoms with Gasteiger partial charge >= 0.3 is 6.36 Å². The van der Waals surface area contributed by atoms with Crippen molar-refractivity contribution in [2.24, 2.45) is 0 Å². The second kappa shape index (κ2) is 4.83. The van der Waals surface area contributed by atoms with E-state index < -0.39 is 34.4 Å². The van der Waals surface area contributed by atoms with Crippen LogP contribution in [0.15, 0.2) is 10.5 Å². The van der Waals surface area contributed by atoms with Crippen LogP contribution in [-0.4, -0.2) is 11.3 Å². The van der Waals surface area contributed by atoms with Crippen molar-refractivity contribution in [2.75, 3.05) is 0 Å². The molecule has 0 aliphatic heterocycles. The van der Waals surface area contributed by atoms with Crippen LogP contribution in [0.1, 0.15) is 17.8 Å². The first-order chi connectivity index (χ1) is 7.74. The van der Waals surface area contributed by atoms with Gasteiger partial charge < -0.3 is 4.74 Å². The van der Waals surface area contributed by atoms with E-state index in [1.807, 2.05) is 0 Å². The van der Waals surface area contributed by atoms with Crippen molar-refractivity contribution >= 4 is 15.9 Å². The van der Waals surface area contributed by atoms with Crippen molar-refractivity contribution in [2.45, 2.75) is 12.8 Å². The molecule has 1 rings (SSSR count). The predicted molar refractivity (Wildman–Crippen MR) is 48.3 cm³/mol. The summed E-state index contributed by atoms with van der Waals surface area (Å²) in [6.45, 7) is 0. The van der Waals surface area contributed by atoms with Crippen LogP contribution < -0.4 is 4.74 Å². The summed E-state index contributed by atoms with van der Waals surface area (Å²) < 4.78 is 63.8. The zero-order valence-corrected chi connectivity index (χ0v) is 9.31. The molecule has 0 N–H and O–H groups in total. The monoisotopic (exact) mass is 316 g/mol. The molecule has 0 radical (unpaired) electrons. The third-order valence-electron chi connectivity index (χ3n) is 1.49. The maximum atomic E-state index is 12.5. The van der Waals surface area contributed by atoms with Crippen molar-refractivity contribution in [3.8, 4) is 11.8 Å². The van der Waals surface area contributed by atoms with Crippen LogP contribution >= 0.6 is 15.9 Å². The highest BCUT2D eigenvalue weighted by Crippen LogP contribution is 2.37. The minimum atomic E-state index is -5.12. The van der Waals surface area contributed by atoms with E-state index >= 15 is 0 Å². The summed E-state index contributed by atoms with van der Waals surface area (Å²) in [5.41, 5.74) is -1.69. The van der Waals surface area contributed by atoms with Gasteiger partial charge in [-0.2, -0.15) is 5.26 Å². The lowest BCUT2D eigenvalue weighted by Crippen LogP contribution is -2.19. The molecular formula is C8H2BrF5N2O. The fourth-order valence-corrected chi connectivity index (χ4v) is 1.44. The van der Waals surface area contributed by atoms with Crippen LogP contribution in [0.4, 0.5) is 22.0 Å². The highest BCUT2D eigenvalue weighted by Gasteiger charge is 2.35. The minimum absolute atomic E-state index is 0.420. The van der Waals surface area contributed by atoms with Gasteiger partial charge in [-0.3, -0.25) is 0 Å². The maximum Gasteiger partial charge on any atom is 0.573 e. The lowest BCUT2D eigenvalue weighted by Gasteiger charge is -2.13. The molecule has 0 amide bonds. The molecule has 0 spiro atoms. The molecule has 0 aromatic carbocycles. The Morgan fingerprint density at radius 3 is 2.41 bits per heavy atom. The fraction of sp³-hybridized carbons (Fsp3) is 0.250. The SMILES string of the molecule is N#Cc1cc(Br)c(OC(F)(F)F)c(C(F)F)n1. The van der Waals surface area contributed by atoms with E-state index in [9.17, 15) is 22.0 Å². The number of alkyl halides is 5. The number of hydrogen-bond acceptors (Lipinski definition) is 3. The van der Waals surface area contributed by atoms with E-state index in [0.29, 0.717) is 0 Å². The molecule has 92 valence electrons. The van der Waals surface area contributed by atoms with Gasteiger partial charge in [-0.15, -0.1) is 13.2 Å². The summed E-state index contributed by atoms with van der Waals surface area (Å²) in [4.78, 5) is 3.07. The summed E-state index contributed by atoms with van der Waals surface area (Å²) in [5, 5.41) is 8.45. The molecule has 0 unspecified atom stereocenters. The van der Waals surface area contributed by atoms with Crippen LogP contribution in [0.3, 0.4) is 0 Å². The van der Waals surface area contributed by atoms with Crippen LogP contribution in [0.2, 0.25) is 0 Å². The first kappa shape index (κ1) is 13.6. The van der Waals surface area contributed by atoms with Crippen LogP contribution in [0.25, 0.3) is 0 Å². The lowest BCUT2D eigenvalue weighted by molar-refractivity contribution is -0.275. The number of nitrogens with zero attached hydrogens (tertiary/aromatic N) is 2. The molecule has 1 aromatic rings.